The number of Topliss-reactive ketones (excluding diaryl/α,β-unsaturated/α-hetero) is 1. The van der Waals surface area contributed by atoms with Crippen molar-refractivity contribution in [3.8, 4) is 0 Å². The quantitative estimate of drug-likeness (QED) is 0.168. The van der Waals surface area contributed by atoms with E-state index in [0.717, 1.165) is 49.0 Å². The Hall–Kier alpha value is -1.52. The first kappa shape index (κ1) is 34.0. The van der Waals surface area contributed by atoms with Crippen molar-refractivity contribution in [2.45, 2.75) is 62.8 Å². The Labute approximate surface area is 255 Å². The standard InChI is InChI=1S/C31H43Cl2NO6S/c1-3-4-7-26(35)8-5-13-38-15-17-40-18-16-39-14-6-19-41(36,37)27-11-9-24(10-12-27)29-22-34(2)23-30-28(29)20-25(32)21-31(30)33/h9-12,20-21,29H,3-8,13-19,22-23H2,1-2H3. The zero-order valence-electron chi connectivity index (χ0n) is 24.2. The number of hydrogen-bond acceptors (Lipinski definition) is 7. The Bertz CT molecular complexity index is 1210. The van der Waals surface area contributed by atoms with Crippen LogP contribution >= 0.6 is 23.2 Å². The van der Waals surface area contributed by atoms with Crippen molar-refractivity contribution in [3.05, 3.63) is 63.1 Å². The van der Waals surface area contributed by atoms with Crippen molar-refractivity contribution in [1.29, 1.82) is 0 Å². The summed E-state index contributed by atoms with van der Waals surface area (Å²) in [5.41, 5.74) is 3.18. The van der Waals surface area contributed by atoms with Gasteiger partial charge in [-0.2, -0.15) is 0 Å². The van der Waals surface area contributed by atoms with E-state index < -0.39 is 9.84 Å². The van der Waals surface area contributed by atoms with E-state index >= 15 is 0 Å². The Kier molecular flexibility index (Phi) is 14.6. The van der Waals surface area contributed by atoms with Gasteiger partial charge in [0.15, 0.2) is 9.84 Å². The van der Waals surface area contributed by atoms with E-state index in [1.54, 1.807) is 18.2 Å². The molecule has 1 atom stereocenters. The molecule has 0 amide bonds. The van der Waals surface area contributed by atoms with Gasteiger partial charge in [0.2, 0.25) is 0 Å². The third-order valence-corrected chi connectivity index (χ3v) is 9.51. The molecule has 41 heavy (non-hydrogen) atoms. The molecule has 0 saturated heterocycles. The highest BCUT2D eigenvalue weighted by molar-refractivity contribution is 7.91. The summed E-state index contributed by atoms with van der Waals surface area (Å²) in [5, 5.41) is 1.26. The van der Waals surface area contributed by atoms with Gasteiger partial charge in [0.1, 0.15) is 5.78 Å². The molecular formula is C31H43Cl2NO6S. The molecule has 1 unspecified atom stereocenters. The smallest absolute Gasteiger partial charge is 0.178 e. The van der Waals surface area contributed by atoms with Crippen LogP contribution < -0.4 is 0 Å². The largest absolute Gasteiger partial charge is 0.379 e. The predicted octanol–water partition coefficient (Wildman–Crippen LogP) is 6.32. The highest BCUT2D eigenvalue weighted by atomic mass is 35.5. The maximum absolute atomic E-state index is 12.9. The second-order valence-corrected chi connectivity index (χ2v) is 13.5. The van der Waals surface area contributed by atoms with E-state index in [4.69, 9.17) is 37.4 Å². The molecule has 0 bridgehead atoms. The lowest BCUT2D eigenvalue weighted by molar-refractivity contribution is -0.119. The monoisotopic (exact) mass is 627 g/mol. The molecule has 0 aromatic heterocycles. The van der Waals surface area contributed by atoms with Gasteiger partial charge in [-0.15, -0.1) is 0 Å². The van der Waals surface area contributed by atoms with Gasteiger partial charge in [-0.05, 0) is 67.3 Å². The van der Waals surface area contributed by atoms with Crippen LogP contribution in [0.1, 0.15) is 68.1 Å². The summed E-state index contributed by atoms with van der Waals surface area (Å²) in [5.74, 6) is 0.383. The number of likely N-dealkylation sites (N-methyl/N-ethyl adjacent to an activating group) is 1. The van der Waals surface area contributed by atoms with Crippen molar-refractivity contribution in [2.24, 2.45) is 0 Å². The number of hydrogen-bond donors (Lipinski definition) is 0. The van der Waals surface area contributed by atoms with Crippen LogP contribution in [-0.4, -0.2) is 78.1 Å². The first-order valence-corrected chi connectivity index (χ1v) is 16.9. The zero-order valence-corrected chi connectivity index (χ0v) is 26.5. The average Bonchev–Trinajstić information content (AvgIpc) is 2.94. The van der Waals surface area contributed by atoms with Crippen LogP contribution in [0.2, 0.25) is 10.0 Å². The number of ether oxygens (including phenoxy) is 3. The van der Waals surface area contributed by atoms with Crippen molar-refractivity contribution < 1.29 is 27.4 Å². The fraction of sp³-hybridized carbons (Fsp3) is 0.581. The molecule has 1 heterocycles. The van der Waals surface area contributed by atoms with E-state index in [1.807, 2.05) is 25.2 Å². The van der Waals surface area contributed by atoms with Gasteiger partial charge in [0.25, 0.3) is 0 Å². The normalized spacial score (nSPS) is 15.7. The summed E-state index contributed by atoms with van der Waals surface area (Å²) in [7, 11) is -1.37. The summed E-state index contributed by atoms with van der Waals surface area (Å²) < 4.78 is 42.2. The van der Waals surface area contributed by atoms with Crippen molar-refractivity contribution >= 4 is 38.8 Å². The fourth-order valence-corrected chi connectivity index (χ4v) is 6.77. The Morgan fingerprint density at radius 1 is 0.902 bits per heavy atom. The number of sulfone groups is 1. The van der Waals surface area contributed by atoms with E-state index in [-0.39, 0.29) is 11.7 Å². The molecule has 1 aliphatic heterocycles. The number of fused-ring (bicyclic) bond motifs is 1. The van der Waals surface area contributed by atoms with E-state index in [1.165, 1.54) is 0 Å². The fourth-order valence-electron chi connectivity index (χ4n) is 4.92. The first-order chi connectivity index (χ1) is 19.7. The van der Waals surface area contributed by atoms with Crippen LogP contribution in [0.25, 0.3) is 0 Å². The third-order valence-electron chi connectivity index (χ3n) is 7.13. The Morgan fingerprint density at radius 3 is 2.17 bits per heavy atom. The molecule has 228 valence electrons. The molecule has 2 aromatic carbocycles. The van der Waals surface area contributed by atoms with Gasteiger partial charge in [0.05, 0.1) is 37.1 Å². The van der Waals surface area contributed by atoms with Crippen LogP contribution in [0.4, 0.5) is 0 Å². The van der Waals surface area contributed by atoms with Gasteiger partial charge in [-0.25, -0.2) is 8.42 Å². The number of carbonyl (C=O) groups is 1. The number of benzene rings is 2. The van der Waals surface area contributed by atoms with Crippen LogP contribution in [0.15, 0.2) is 41.3 Å². The van der Waals surface area contributed by atoms with Crippen LogP contribution in [-0.2, 0) is 35.4 Å². The molecule has 7 nitrogen and oxygen atoms in total. The average molecular weight is 629 g/mol. The minimum atomic E-state index is -3.42. The lowest BCUT2D eigenvalue weighted by Crippen LogP contribution is -2.31. The zero-order chi connectivity index (χ0) is 29.7. The van der Waals surface area contributed by atoms with Crippen LogP contribution in [0.3, 0.4) is 0 Å². The second kappa shape index (κ2) is 17.6. The predicted molar refractivity (Wildman–Crippen MR) is 164 cm³/mol. The number of carbonyl (C=O) groups excluding carboxylic acids is 1. The number of unbranched alkanes of at least 4 members (excludes halogenated alkanes) is 1. The molecule has 0 aliphatic carbocycles. The summed E-state index contributed by atoms with van der Waals surface area (Å²) in [6.07, 6.45) is 4.40. The Balaban J connectivity index is 1.31. The van der Waals surface area contributed by atoms with Gasteiger partial charge < -0.3 is 19.1 Å². The van der Waals surface area contributed by atoms with Crippen LogP contribution in [0.5, 0.6) is 0 Å². The van der Waals surface area contributed by atoms with Crippen LogP contribution in [0, 0.1) is 0 Å². The molecule has 10 heteroatoms. The SMILES string of the molecule is CCCCC(=O)CCCOCCOCCOCCCS(=O)(=O)c1ccc(C2CN(C)Cc3c(Cl)cc(Cl)cc32)cc1. The van der Waals surface area contributed by atoms with Crippen molar-refractivity contribution in [3.63, 3.8) is 0 Å². The van der Waals surface area contributed by atoms with Gasteiger partial charge in [0, 0.05) is 55.1 Å². The lowest BCUT2D eigenvalue weighted by Gasteiger charge is -2.33. The number of nitrogens with zero attached hydrogens (tertiary/aromatic N) is 1. The maximum atomic E-state index is 12.9. The molecule has 0 radical (unpaired) electrons. The Morgan fingerprint density at radius 2 is 1.51 bits per heavy atom. The molecule has 0 spiro atoms. The molecular weight excluding hydrogens is 585 g/mol. The van der Waals surface area contributed by atoms with E-state index in [0.29, 0.717) is 79.6 Å². The summed E-state index contributed by atoms with van der Waals surface area (Å²) >= 11 is 12.8. The van der Waals surface area contributed by atoms with E-state index in [9.17, 15) is 13.2 Å². The number of rotatable bonds is 19. The summed E-state index contributed by atoms with van der Waals surface area (Å²) in [4.78, 5) is 14.1. The number of ketones is 1. The van der Waals surface area contributed by atoms with Gasteiger partial charge >= 0.3 is 0 Å². The van der Waals surface area contributed by atoms with Gasteiger partial charge in [-0.1, -0.05) is 48.7 Å². The molecule has 0 N–H and O–H groups in total. The topological polar surface area (TPSA) is 82.1 Å². The third kappa shape index (κ3) is 11.2. The van der Waals surface area contributed by atoms with Crippen molar-refractivity contribution in [1.82, 2.24) is 4.90 Å². The minimum absolute atomic E-state index is 0.0161. The minimum Gasteiger partial charge on any atom is -0.379 e. The molecule has 1 aliphatic rings. The molecule has 3 rings (SSSR count). The summed E-state index contributed by atoms with van der Waals surface area (Å²) in [6, 6.07) is 10.9. The number of halogens is 2. The maximum Gasteiger partial charge on any atom is 0.178 e. The van der Waals surface area contributed by atoms with Crippen molar-refractivity contribution in [2.75, 3.05) is 59.0 Å². The summed E-state index contributed by atoms with van der Waals surface area (Å²) in [6.45, 7) is 6.28. The molecule has 0 saturated carbocycles. The first-order valence-electron chi connectivity index (χ1n) is 14.4. The van der Waals surface area contributed by atoms with Gasteiger partial charge in [-0.3, -0.25) is 4.79 Å². The highest BCUT2D eigenvalue weighted by Crippen LogP contribution is 2.38. The molecule has 2 aromatic rings. The molecule has 0 fully saturated rings. The second-order valence-electron chi connectivity index (χ2n) is 10.5. The lowest BCUT2D eigenvalue weighted by atomic mass is 9.85. The van der Waals surface area contributed by atoms with E-state index in [2.05, 4.69) is 11.8 Å². The highest BCUT2D eigenvalue weighted by Gasteiger charge is 2.27.